The first-order valence-corrected chi connectivity index (χ1v) is 9.55. The number of benzene rings is 1. The molecule has 0 N–H and O–H groups in total. The Morgan fingerprint density at radius 3 is 2.52 bits per heavy atom. The smallest absolute Gasteiger partial charge is 0.237 e. The topological polar surface area (TPSA) is 26.8 Å². The highest BCUT2D eigenvalue weighted by Crippen LogP contribution is 2.28. The highest BCUT2D eigenvalue weighted by atomic mass is 19.1. The summed E-state index contributed by atoms with van der Waals surface area (Å²) >= 11 is 0. The standard InChI is InChI=1S/C20H30FN3O/c1-16(2)14-24(19-8-9-19)20(25)15-22-10-3-11-23(13-12-22)18-6-4-17(21)5-7-18/h4-7,16,19H,3,8-15H2,1-2H3. The minimum atomic E-state index is -0.198. The number of halogens is 1. The van der Waals surface area contributed by atoms with Crippen LogP contribution in [0.1, 0.15) is 33.1 Å². The van der Waals surface area contributed by atoms with Gasteiger partial charge in [-0.15, -0.1) is 0 Å². The van der Waals surface area contributed by atoms with Crippen LogP contribution in [0.2, 0.25) is 0 Å². The van der Waals surface area contributed by atoms with E-state index >= 15 is 0 Å². The van der Waals surface area contributed by atoms with E-state index in [4.69, 9.17) is 0 Å². The van der Waals surface area contributed by atoms with Crippen molar-refractivity contribution in [1.82, 2.24) is 9.80 Å². The Balaban J connectivity index is 1.53. The number of amides is 1. The molecule has 2 aliphatic rings. The number of hydrogen-bond donors (Lipinski definition) is 0. The van der Waals surface area contributed by atoms with Gasteiger partial charge in [0.2, 0.25) is 5.91 Å². The van der Waals surface area contributed by atoms with Gasteiger partial charge in [-0.1, -0.05) is 13.8 Å². The highest BCUT2D eigenvalue weighted by Gasteiger charge is 2.33. The van der Waals surface area contributed by atoms with Gasteiger partial charge in [0, 0.05) is 44.5 Å². The van der Waals surface area contributed by atoms with Crippen LogP contribution in [-0.2, 0) is 4.79 Å². The predicted octanol–water partition coefficient (Wildman–Crippen LogP) is 2.98. The molecular weight excluding hydrogens is 317 g/mol. The minimum absolute atomic E-state index is 0.198. The molecule has 1 amide bonds. The Kier molecular flexibility index (Phi) is 5.94. The van der Waals surface area contributed by atoms with Crippen molar-refractivity contribution in [1.29, 1.82) is 0 Å². The van der Waals surface area contributed by atoms with Crippen molar-refractivity contribution in [3.63, 3.8) is 0 Å². The van der Waals surface area contributed by atoms with Crippen molar-refractivity contribution in [2.24, 2.45) is 5.92 Å². The van der Waals surface area contributed by atoms with E-state index in [9.17, 15) is 9.18 Å². The van der Waals surface area contributed by atoms with Gasteiger partial charge in [-0.05, 0) is 49.4 Å². The molecule has 0 atom stereocenters. The predicted molar refractivity (Wildman–Crippen MR) is 99.2 cm³/mol. The summed E-state index contributed by atoms with van der Waals surface area (Å²) in [6.07, 6.45) is 3.35. The van der Waals surface area contributed by atoms with E-state index in [1.807, 2.05) is 12.1 Å². The molecule has 138 valence electrons. The number of nitrogens with zero attached hydrogens (tertiary/aromatic N) is 3. The third-order valence-corrected chi connectivity index (χ3v) is 5.01. The zero-order chi connectivity index (χ0) is 17.8. The zero-order valence-electron chi connectivity index (χ0n) is 15.5. The van der Waals surface area contributed by atoms with Crippen LogP contribution in [0.15, 0.2) is 24.3 Å². The molecule has 1 aliphatic heterocycles. The van der Waals surface area contributed by atoms with Crippen LogP contribution in [0.5, 0.6) is 0 Å². The van der Waals surface area contributed by atoms with Crippen LogP contribution in [0.4, 0.5) is 10.1 Å². The van der Waals surface area contributed by atoms with Gasteiger partial charge in [0.15, 0.2) is 0 Å². The summed E-state index contributed by atoms with van der Waals surface area (Å²) in [6, 6.07) is 7.20. The SMILES string of the molecule is CC(C)CN(C(=O)CN1CCCN(c2ccc(F)cc2)CC1)C1CC1. The maximum atomic E-state index is 13.1. The molecule has 1 aromatic rings. The zero-order valence-corrected chi connectivity index (χ0v) is 15.5. The summed E-state index contributed by atoms with van der Waals surface area (Å²) in [6.45, 7) is 9.41. The second kappa shape index (κ2) is 8.17. The maximum Gasteiger partial charge on any atom is 0.237 e. The fourth-order valence-electron chi connectivity index (χ4n) is 3.56. The van der Waals surface area contributed by atoms with Gasteiger partial charge in [-0.2, -0.15) is 0 Å². The molecule has 0 spiro atoms. The van der Waals surface area contributed by atoms with Crippen LogP contribution >= 0.6 is 0 Å². The van der Waals surface area contributed by atoms with Gasteiger partial charge < -0.3 is 9.80 Å². The normalized spacial score (nSPS) is 19.1. The van der Waals surface area contributed by atoms with E-state index in [1.54, 1.807) is 0 Å². The lowest BCUT2D eigenvalue weighted by Crippen LogP contribution is -2.44. The van der Waals surface area contributed by atoms with Crippen LogP contribution in [-0.4, -0.2) is 61.0 Å². The van der Waals surface area contributed by atoms with Crippen molar-refractivity contribution in [3.05, 3.63) is 30.1 Å². The van der Waals surface area contributed by atoms with Crippen molar-refractivity contribution < 1.29 is 9.18 Å². The first kappa shape index (κ1) is 18.2. The van der Waals surface area contributed by atoms with E-state index in [2.05, 4.69) is 28.5 Å². The maximum absolute atomic E-state index is 13.1. The van der Waals surface area contributed by atoms with Crippen molar-refractivity contribution >= 4 is 11.6 Å². The van der Waals surface area contributed by atoms with Gasteiger partial charge in [-0.3, -0.25) is 9.69 Å². The van der Waals surface area contributed by atoms with Gasteiger partial charge in [0.05, 0.1) is 6.54 Å². The molecule has 0 bridgehead atoms. The first-order chi connectivity index (χ1) is 12.0. The van der Waals surface area contributed by atoms with Crippen LogP contribution in [0, 0.1) is 11.7 Å². The number of anilines is 1. The van der Waals surface area contributed by atoms with Gasteiger partial charge in [0.25, 0.3) is 0 Å². The third-order valence-electron chi connectivity index (χ3n) is 5.01. The summed E-state index contributed by atoms with van der Waals surface area (Å²) in [4.78, 5) is 19.4. The summed E-state index contributed by atoms with van der Waals surface area (Å²) in [5, 5.41) is 0. The van der Waals surface area contributed by atoms with Crippen molar-refractivity contribution in [2.75, 3.05) is 44.2 Å². The monoisotopic (exact) mass is 347 g/mol. The summed E-state index contributed by atoms with van der Waals surface area (Å²) in [5.74, 6) is 0.602. The molecule has 1 aromatic carbocycles. The molecule has 25 heavy (non-hydrogen) atoms. The fraction of sp³-hybridized carbons (Fsp3) is 0.650. The first-order valence-electron chi connectivity index (χ1n) is 9.55. The Hall–Kier alpha value is -1.62. The highest BCUT2D eigenvalue weighted by molar-refractivity contribution is 5.79. The molecule has 0 radical (unpaired) electrons. The molecule has 0 aromatic heterocycles. The summed E-state index contributed by atoms with van der Waals surface area (Å²) < 4.78 is 13.1. The molecule has 0 unspecified atom stereocenters. The Morgan fingerprint density at radius 1 is 1.16 bits per heavy atom. The fourth-order valence-corrected chi connectivity index (χ4v) is 3.56. The average molecular weight is 347 g/mol. The molecular formula is C20H30FN3O. The average Bonchev–Trinajstić information content (AvgIpc) is 3.41. The molecule has 2 fully saturated rings. The lowest BCUT2D eigenvalue weighted by molar-refractivity contribution is -0.133. The van der Waals surface area contributed by atoms with Crippen molar-refractivity contribution in [3.8, 4) is 0 Å². The second-order valence-electron chi connectivity index (χ2n) is 7.76. The molecule has 3 rings (SSSR count). The third kappa shape index (κ3) is 5.18. The van der Waals surface area contributed by atoms with Crippen LogP contribution in [0.25, 0.3) is 0 Å². The molecule has 5 heteroatoms. The van der Waals surface area contributed by atoms with E-state index in [-0.39, 0.29) is 11.7 Å². The van der Waals surface area contributed by atoms with E-state index in [0.29, 0.717) is 18.5 Å². The van der Waals surface area contributed by atoms with E-state index in [1.165, 1.54) is 12.1 Å². The number of carbonyl (C=O) groups excluding carboxylic acids is 1. The number of rotatable bonds is 6. The lowest BCUT2D eigenvalue weighted by atomic mass is 10.2. The largest absolute Gasteiger partial charge is 0.370 e. The second-order valence-corrected chi connectivity index (χ2v) is 7.76. The van der Waals surface area contributed by atoms with Gasteiger partial charge in [-0.25, -0.2) is 4.39 Å². The quantitative estimate of drug-likeness (QED) is 0.791. The number of hydrogen-bond acceptors (Lipinski definition) is 3. The van der Waals surface area contributed by atoms with Crippen LogP contribution < -0.4 is 4.90 Å². The Bertz CT molecular complexity index is 571. The van der Waals surface area contributed by atoms with Gasteiger partial charge in [0.1, 0.15) is 5.82 Å². The van der Waals surface area contributed by atoms with Crippen LogP contribution in [0.3, 0.4) is 0 Å². The molecule has 1 aliphatic carbocycles. The Labute approximate surface area is 150 Å². The summed E-state index contributed by atoms with van der Waals surface area (Å²) in [7, 11) is 0. The molecule has 1 heterocycles. The van der Waals surface area contributed by atoms with Gasteiger partial charge >= 0.3 is 0 Å². The minimum Gasteiger partial charge on any atom is -0.370 e. The molecule has 1 saturated heterocycles. The Morgan fingerprint density at radius 2 is 1.88 bits per heavy atom. The number of carbonyl (C=O) groups is 1. The summed E-state index contributed by atoms with van der Waals surface area (Å²) in [5.41, 5.74) is 1.06. The molecule has 1 saturated carbocycles. The van der Waals surface area contributed by atoms with E-state index < -0.39 is 0 Å². The molecule has 4 nitrogen and oxygen atoms in total. The van der Waals surface area contributed by atoms with Crippen molar-refractivity contribution in [2.45, 2.75) is 39.2 Å². The lowest BCUT2D eigenvalue weighted by Gasteiger charge is -2.28. The van der Waals surface area contributed by atoms with E-state index in [0.717, 1.165) is 57.7 Å².